The molecule has 2 aliphatic rings. The van der Waals surface area contributed by atoms with Crippen molar-refractivity contribution in [1.82, 2.24) is 9.62 Å². The molecule has 2 fully saturated rings. The van der Waals surface area contributed by atoms with Crippen LogP contribution < -0.4 is 10.6 Å². The SMILES string of the molecule is C=CC(=O)NC1CCN(S(=O)(=O)c2cccc(NC(=O)C3CCOCC3)c2)CC1C. The van der Waals surface area contributed by atoms with Crippen LogP contribution in [0.1, 0.15) is 26.2 Å². The van der Waals surface area contributed by atoms with Crippen molar-refractivity contribution in [2.45, 2.75) is 37.1 Å². The molecule has 0 radical (unpaired) electrons. The number of anilines is 1. The lowest BCUT2D eigenvalue weighted by Gasteiger charge is -2.36. The molecule has 1 aromatic rings. The summed E-state index contributed by atoms with van der Waals surface area (Å²) < 4.78 is 33.0. The van der Waals surface area contributed by atoms with Crippen molar-refractivity contribution in [1.29, 1.82) is 0 Å². The summed E-state index contributed by atoms with van der Waals surface area (Å²) in [5, 5.41) is 5.69. The molecule has 2 N–H and O–H groups in total. The van der Waals surface area contributed by atoms with Crippen LogP contribution in [0.5, 0.6) is 0 Å². The maximum absolute atomic E-state index is 13.2. The van der Waals surface area contributed by atoms with Gasteiger partial charge in [-0.25, -0.2) is 8.42 Å². The molecule has 30 heavy (non-hydrogen) atoms. The zero-order chi connectivity index (χ0) is 21.7. The monoisotopic (exact) mass is 435 g/mol. The van der Waals surface area contributed by atoms with Gasteiger partial charge in [0.1, 0.15) is 0 Å². The summed E-state index contributed by atoms with van der Waals surface area (Å²) in [6.07, 6.45) is 3.08. The highest BCUT2D eigenvalue weighted by Gasteiger charge is 2.34. The first kappa shape index (κ1) is 22.5. The Labute approximate surface area is 177 Å². The molecule has 0 aromatic heterocycles. The molecule has 164 valence electrons. The van der Waals surface area contributed by atoms with Crippen molar-refractivity contribution in [2.75, 3.05) is 31.6 Å². The first-order valence-corrected chi connectivity index (χ1v) is 11.7. The van der Waals surface area contributed by atoms with E-state index in [0.717, 1.165) is 0 Å². The van der Waals surface area contributed by atoms with Crippen molar-refractivity contribution < 1.29 is 22.7 Å². The summed E-state index contributed by atoms with van der Waals surface area (Å²) in [4.78, 5) is 24.2. The van der Waals surface area contributed by atoms with Gasteiger partial charge in [-0.3, -0.25) is 9.59 Å². The van der Waals surface area contributed by atoms with E-state index in [1.165, 1.54) is 22.5 Å². The molecule has 0 saturated carbocycles. The zero-order valence-electron chi connectivity index (χ0n) is 17.2. The summed E-state index contributed by atoms with van der Waals surface area (Å²) in [5.41, 5.74) is 0.466. The Morgan fingerprint density at radius 1 is 1.23 bits per heavy atom. The minimum atomic E-state index is -3.71. The second-order valence-electron chi connectivity index (χ2n) is 7.85. The highest BCUT2D eigenvalue weighted by molar-refractivity contribution is 7.89. The van der Waals surface area contributed by atoms with E-state index in [2.05, 4.69) is 17.2 Å². The van der Waals surface area contributed by atoms with E-state index in [1.807, 2.05) is 6.92 Å². The van der Waals surface area contributed by atoms with Crippen LogP contribution in [0.2, 0.25) is 0 Å². The Bertz CT molecular complexity index is 896. The van der Waals surface area contributed by atoms with E-state index < -0.39 is 10.0 Å². The van der Waals surface area contributed by atoms with Crippen LogP contribution >= 0.6 is 0 Å². The standard InChI is InChI=1S/C21H29N3O5S/c1-3-20(25)23-19-7-10-24(14-15(19)2)30(27,28)18-6-4-5-17(13-18)22-21(26)16-8-11-29-12-9-16/h3-6,13,15-16,19H,1,7-12,14H2,2H3,(H,22,26)(H,23,25). The van der Waals surface area contributed by atoms with Gasteiger partial charge in [0, 0.05) is 44.0 Å². The number of piperidine rings is 1. The molecule has 2 unspecified atom stereocenters. The van der Waals surface area contributed by atoms with Crippen molar-refractivity contribution in [3.8, 4) is 0 Å². The van der Waals surface area contributed by atoms with Crippen LogP contribution in [0.3, 0.4) is 0 Å². The van der Waals surface area contributed by atoms with Gasteiger partial charge in [0.25, 0.3) is 0 Å². The van der Waals surface area contributed by atoms with Gasteiger partial charge in [-0.15, -0.1) is 0 Å². The van der Waals surface area contributed by atoms with E-state index in [0.29, 0.717) is 51.3 Å². The van der Waals surface area contributed by atoms with Gasteiger partial charge in [-0.2, -0.15) is 4.31 Å². The molecule has 0 spiro atoms. The van der Waals surface area contributed by atoms with E-state index in [1.54, 1.807) is 12.1 Å². The smallest absolute Gasteiger partial charge is 0.243 e. The fourth-order valence-corrected chi connectivity index (χ4v) is 5.47. The molecule has 9 heteroatoms. The third kappa shape index (κ3) is 5.27. The number of nitrogens with zero attached hydrogens (tertiary/aromatic N) is 1. The molecule has 2 heterocycles. The van der Waals surface area contributed by atoms with E-state index >= 15 is 0 Å². The molecular weight excluding hydrogens is 406 g/mol. The molecule has 2 atom stereocenters. The average molecular weight is 436 g/mol. The van der Waals surface area contributed by atoms with Gasteiger partial charge in [0.2, 0.25) is 21.8 Å². The number of nitrogens with one attached hydrogen (secondary N) is 2. The number of ether oxygens (including phenoxy) is 1. The first-order valence-electron chi connectivity index (χ1n) is 10.2. The van der Waals surface area contributed by atoms with Crippen LogP contribution in [0.25, 0.3) is 0 Å². The molecule has 2 aliphatic heterocycles. The number of rotatable bonds is 6. The molecule has 2 saturated heterocycles. The van der Waals surface area contributed by atoms with Gasteiger partial charge in [-0.05, 0) is 49.5 Å². The predicted molar refractivity (Wildman–Crippen MR) is 113 cm³/mol. The highest BCUT2D eigenvalue weighted by atomic mass is 32.2. The highest BCUT2D eigenvalue weighted by Crippen LogP contribution is 2.26. The number of hydrogen-bond donors (Lipinski definition) is 2. The Morgan fingerprint density at radius 2 is 1.97 bits per heavy atom. The molecule has 1 aromatic carbocycles. The first-order chi connectivity index (χ1) is 14.3. The fraction of sp³-hybridized carbons (Fsp3) is 0.524. The second kappa shape index (κ2) is 9.72. The van der Waals surface area contributed by atoms with Crippen LogP contribution in [0.4, 0.5) is 5.69 Å². The van der Waals surface area contributed by atoms with Crippen LogP contribution in [-0.2, 0) is 24.3 Å². The van der Waals surface area contributed by atoms with Gasteiger partial charge in [-0.1, -0.05) is 19.6 Å². The predicted octanol–water partition coefficient (Wildman–Crippen LogP) is 1.75. The number of hydrogen-bond acceptors (Lipinski definition) is 5. The molecule has 3 rings (SSSR count). The normalized spacial score (nSPS) is 23.5. The maximum atomic E-state index is 13.2. The Kier molecular flexibility index (Phi) is 7.27. The van der Waals surface area contributed by atoms with E-state index in [-0.39, 0.29) is 34.6 Å². The third-order valence-corrected chi connectivity index (χ3v) is 7.57. The molecule has 0 bridgehead atoms. The summed E-state index contributed by atoms with van der Waals surface area (Å²) in [7, 11) is -3.71. The fourth-order valence-electron chi connectivity index (χ4n) is 3.87. The zero-order valence-corrected chi connectivity index (χ0v) is 18.0. The average Bonchev–Trinajstić information content (AvgIpc) is 2.75. The summed E-state index contributed by atoms with van der Waals surface area (Å²) >= 11 is 0. The van der Waals surface area contributed by atoms with Gasteiger partial charge in [0.05, 0.1) is 4.90 Å². The Balaban J connectivity index is 1.67. The van der Waals surface area contributed by atoms with Crippen LogP contribution in [0, 0.1) is 11.8 Å². The number of carbonyl (C=O) groups is 2. The van der Waals surface area contributed by atoms with Crippen molar-refractivity contribution in [2.24, 2.45) is 11.8 Å². The quantitative estimate of drug-likeness (QED) is 0.663. The topological polar surface area (TPSA) is 105 Å². The summed E-state index contributed by atoms with van der Waals surface area (Å²) in [6, 6.07) is 6.27. The molecule has 0 aliphatic carbocycles. The van der Waals surface area contributed by atoms with Crippen molar-refractivity contribution in [3.63, 3.8) is 0 Å². The Hall–Kier alpha value is -2.23. The molecular formula is C21H29N3O5S. The van der Waals surface area contributed by atoms with Crippen LogP contribution in [-0.4, -0.2) is 56.9 Å². The third-order valence-electron chi connectivity index (χ3n) is 5.71. The second-order valence-corrected chi connectivity index (χ2v) is 9.79. The minimum Gasteiger partial charge on any atom is -0.381 e. The Morgan fingerprint density at radius 3 is 2.63 bits per heavy atom. The number of benzene rings is 1. The lowest BCUT2D eigenvalue weighted by Crippen LogP contribution is -2.51. The largest absolute Gasteiger partial charge is 0.381 e. The summed E-state index contributed by atoms with van der Waals surface area (Å²) in [6.45, 7) is 7.11. The summed E-state index contributed by atoms with van der Waals surface area (Å²) in [5.74, 6) is -0.519. The van der Waals surface area contributed by atoms with Gasteiger partial charge >= 0.3 is 0 Å². The number of sulfonamides is 1. The van der Waals surface area contributed by atoms with E-state index in [9.17, 15) is 18.0 Å². The maximum Gasteiger partial charge on any atom is 0.243 e. The lowest BCUT2D eigenvalue weighted by molar-refractivity contribution is -0.122. The minimum absolute atomic E-state index is 0.0335. The lowest BCUT2D eigenvalue weighted by atomic mass is 9.95. The van der Waals surface area contributed by atoms with Crippen LogP contribution in [0.15, 0.2) is 41.8 Å². The van der Waals surface area contributed by atoms with Crippen molar-refractivity contribution >= 4 is 27.5 Å². The number of amides is 2. The van der Waals surface area contributed by atoms with Gasteiger partial charge < -0.3 is 15.4 Å². The van der Waals surface area contributed by atoms with Gasteiger partial charge in [0.15, 0.2) is 0 Å². The molecule has 2 amide bonds. The number of carbonyl (C=O) groups excluding carboxylic acids is 2. The van der Waals surface area contributed by atoms with Crippen molar-refractivity contribution in [3.05, 3.63) is 36.9 Å². The molecule has 8 nitrogen and oxygen atoms in total. The van der Waals surface area contributed by atoms with E-state index in [4.69, 9.17) is 4.74 Å².